The molecule has 0 saturated carbocycles. The highest BCUT2D eigenvalue weighted by Crippen LogP contribution is 2.26. The lowest BCUT2D eigenvalue weighted by molar-refractivity contribution is 0.532. The van der Waals surface area contributed by atoms with Crippen LogP contribution >= 0.6 is 0 Å². The molecule has 1 heterocycles. The van der Waals surface area contributed by atoms with E-state index in [0.29, 0.717) is 11.0 Å². The maximum atomic E-state index is 12.8. The average molecular weight is 342 g/mol. The third kappa shape index (κ3) is 2.87. The Kier molecular flexibility index (Phi) is 3.84. The second kappa shape index (κ2) is 5.60. The van der Waals surface area contributed by atoms with Crippen LogP contribution < -0.4 is 5.63 Å². The zero-order valence-corrected chi connectivity index (χ0v) is 14.6. The number of hydrogen-bond acceptors (Lipinski definition) is 4. The summed E-state index contributed by atoms with van der Waals surface area (Å²) in [5.74, 6) is 0. The highest BCUT2D eigenvalue weighted by molar-refractivity contribution is 7.91. The van der Waals surface area contributed by atoms with Crippen molar-refractivity contribution in [1.29, 1.82) is 0 Å². The Morgan fingerprint density at radius 3 is 2.17 bits per heavy atom. The summed E-state index contributed by atoms with van der Waals surface area (Å²) in [6.07, 6.45) is 0. The molecule has 2 aromatic carbocycles. The van der Waals surface area contributed by atoms with Crippen LogP contribution in [-0.2, 0) is 15.3 Å². The second-order valence-electron chi connectivity index (χ2n) is 6.71. The maximum absolute atomic E-state index is 12.8. The van der Waals surface area contributed by atoms with E-state index in [9.17, 15) is 13.2 Å². The molecule has 124 valence electrons. The van der Waals surface area contributed by atoms with Gasteiger partial charge in [0.05, 0.1) is 4.90 Å². The summed E-state index contributed by atoms with van der Waals surface area (Å²) < 4.78 is 30.7. The predicted molar refractivity (Wildman–Crippen MR) is 93.1 cm³/mol. The van der Waals surface area contributed by atoms with Crippen LogP contribution in [0.1, 0.15) is 26.3 Å². The fourth-order valence-corrected chi connectivity index (χ4v) is 3.78. The van der Waals surface area contributed by atoms with Gasteiger partial charge in [0.1, 0.15) is 5.58 Å². The van der Waals surface area contributed by atoms with Crippen LogP contribution in [0.25, 0.3) is 11.0 Å². The Balaban J connectivity index is 2.14. The van der Waals surface area contributed by atoms with Gasteiger partial charge in [0.25, 0.3) is 0 Å². The van der Waals surface area contributed by atoms with E-state index >= 15 is 0 Å². The van der Waals surface area contributed by atoms with Gasteiger partial charge in [-0.3, -0.25) is 0 Å². The summed E-state index contributed by atoms with van der Waals surface area (Å²) in [7, 11) is -3.93. The van der Waals surface area contributed by atoms with E-state index < -0.39 is 15.5 Å². The van der Waals surface area contributed by atoms with Gasteiger partial charge in [-0.25, -0.2) is 13.2 Å². The lowest BCUT2D eigenvalue weighted by Gasteiger charge is -2.19. The van der Waals surface area contributed by atoms with Gasteiger partial charge in [0.15, 0.2) is 4.90 Å². The number of hydrogen-bond donors (Lipinski definition) is 0. The van der Waals surface area contributed by atoms with E-state index in [-0.39, 0.29) is 15.2 Å². The van der Waals surface area contributed by atoms with Gasteiger partial charge >= 0.3 is 5.63 Å². The van der Waals surface area contributed by atoms with Crippen molar-refractivity contribution >= 4 is 20.8 Å². The molecule has 24 heavy (non-hydrogen) atoms. The third-order valence-corrected chi connectivity index (χ3v) is 5.69. The first-order valence-electron chi connectivity index (χ1n) is 7.58. The van der Waals surface area contributed by atoms with Gasteiger partial charge in [0, 0.05) is 5.39 Å². The van der Waals surface area contributed by atoms with Gasteiger partial charge in [0.2, 0.25) is 9.84 Å². The molecule has 4 nitrogen and oxygen atoms in total. The van der Waals surface area contributed by atoms with E-state index in [1.165, 1.54) is 18.2 Å². The first-order valence-corrected chi connectivity index (χ1v) is 9.06. The molecule has 1 aromatic heterocycles. The smallest absolute Gasteiger partial charge is 0.355 e. The minimum absolute atomic E-state index is 0.0791. The molecule has 5 heteroatoms. The van der Waals surface area contributed by atoms with E-state index in [1.54, 1.807) is 36.4 Å². The lowest BCUT2D eigenvalue weighted by Crippen LogP contribution is -2.15. The number of sulfone groups is 1. The van der Waals surface area contributed by atoms with Crippen molar-refractivity contribution < 1.29 is 12.8 Å². The molecule has 0 fully saturated rings. The summed E-state index contributed by atoms with van der Waals surface area (Å²) in [5, 5.41) is 0.571. The van der Waals surface area contributed by atoms with Crippen molar-refractivity contribution in [2.75, 3.05) is 0 Å². The molecule has 0 aliphatic heterocycles. The zero-order valence-electron chi connectivity index (χ0n) is 13.7. The minimum Gasteiger partial charge on any atom is -0.422 e. The second-order valence-corrected chi connectivity index (χ2v) is 8.63. The topological polar surface area (TPSA) is 64.3 Å². The van der Waals surface area contributed by atoms with Gasteiger partial charge in [-0.1, -0.05) is 51.1 Å². The summed E-state index contributed by atoms with van der Waals surface area (Å²) >= 11 is 0. The van der Waals surface area contributed by atoms with E-state index in [2.05, 4.69) is 20.8 Å². The Labute approximate surface area is 140 Å². The minimum atomic E-state index is -3.93. The fraction of sp³-hybridized carbons (Fsp3) is 0.211. The number of benzene rings is 2. The molecule has 0 atom stereocenters. The molecule has 0 radical (unpaired) electrons. The van der Waals surface area contributed by atoms with Crippen LogP contribution in [0.4, 0.5) is 0 Å². The molecule has 0 bridgehead atoms. The van der Waals surface area contributed by atoms with E-state index in [4.69, 9.17) is 4.42 Å². The van der Waals surface area contributed by atoms with E-state index in [0.717, 1.165) is 5.56 Å². The average Bonchev–Trinajstić information content (AvgIpc) is 2.53. The van der Waals surface area contributed by atoms with Gasteiger partial charge in [-0.2, -0.15) is 0 Å². The summed E-state index contributed by atoms with van der Waals surface area (Å²) in [6.45, 7) is 6.15. The van der Waals surface area contributed by atoms with Crippen molar-refractivity contribution in [3.05, 3.63) is 70.6 Å². The van der Waals surface area contributed by atoms with Crippen LogP contribution in [-0.4, -0.2) is 8.42 Å². The van der Waals surface area contributed by atoms with Crippen molar-refractivity contribution in [3.63, 3.8) is 0 Å². The Hall–Kier alpha value is -2.40. The SMILES string of the molecule is CC(C)(C)c1ccc(S(=O)(=O)c2cc3ccccc3oc2=O)cc1. The lowest BCUT2D eigenvalue weighted by atomic mass is 9.87. The molecular weight excluding hydrogens is 324 g/mol. The first kappa shape index (κ1) is 16.5. The van der Waals surface area contributed by atoms with Gasteiger partial charge in [-0.05, 0) is 35.2 Å². The number of para-hydroxylation sites is 1. The predicted octanol–water partition coefficient (Wildman–Crippen LogP) is 3.92. The first-order chi connectivity index (χ1) is 11.2. The third-order valence-electron chi connectivity index (χ3n) is 3.93. The maximum Gasteiger partial charge on any atom is 0.355 e. The molecule has 3 aromatic rings. The molecular formula is C19H18O4S. The molecule has 0 amide bonds. The number of fused-ring (bicyclic) bond motifs is 1. The summed E-state index contributed by atoms with van der Waals surface area (Å²) in [5.41, 5.74) is 0.453. The highest BCUT2D eigenvalue weighted by atomic mass is 32.2. The Morgan fingerprint density at radius 2 is 1.54 bits per heavy atom. The van der Waals surface area contributed by atoms with Crippen LogP contribution in [0.2, 0.25) is 0 Å². The Bertz CT molecular complexity index is 1050. The van der Waals surface area contributed by atoms with Crippen LogP contribution in [0.3, 0.4) is 0 Å². The standard InChI is InChI=1S/C19H18O4S/c1-19(2,3)14-8-10-15(11-9-14)24(21,22)17-12-13-6-4-5-7-16(13)23-18(17)20/h4-12H,1-3H3. The zero-order chi connectivity index (χ0) is 17.5. The molecule has 0 saturated heterocycles. The monoisotopic (exact) mass is 342 g/mol. The van der Waals surface area contributed by atoms with E-state index in [1.807, 2.05) is 0 Å². The molecule has 0 N–H and O–H groups in total. The van der Waals surface area contributed by atoms with Crippen molar-refractivity contribution in [1.82, 2.24) is 0 Å². The van der Waals surface area contributed by atoms with Crippen molar-refractivity contribution in [3.8, 4) is 0 Å². The van der Waals surface area contributed by atoms with Crippen LogP contribution in [0.15, 0.2) is 73.6 Å². The summed E-state index contributed by atoms with van der Waals surface area (Å²) in [4.78, 5) is 11.9. The molecule has 0 aliphatic carbocycles. The van der Waals surface area contributed by atoms with Crippen molar-refractivity contribution in [2.24, 2.45) is 0 Å². The Morgan fingerprint density at radius 1 is 0.917 bits per heavy atom. The summed E-state index contributed by atoms with van der Waals surface area (Å²) in [6, 6.07) is 14.8. The highest BCUT2D eigenvalue weighted by Gasteiger charge is 2.24. The van der Waals surface area contributed by atoms with Gasteiger partial charge in [-0.15, -0.1) is 0 Å². The van der Waals surface area contributed by atoms with Crippen LogP contribution in [0, 0.1) is 0 Å². The van der Waals surface area contributed by atoms with Crippen molar-refractivity contribution in [2.45, 2.75) is 36.0 Å². The molecule has 3 rings (SSSR count). The largest absolute Gasteiger partial charge is 0.422 e. The number of rotatable bonds is 2. The van der Waals surface area contributed by atoms with Crippen LogP contribution in [0.5, 0.6) is 0 Å². The molecule has 0 spiro atoms. The quantitative estimate of drug-likeness (QED) is 0.662. The fourth-order valence-electron chi connectivity index (χ4n) is 2.49. The van der Waals surface area contributed by atoms with Gasteiger partial charge < -0.3 is 4.42 Å². The molecule has 0 aliphatic rings. The molecule has 0 unspecified atom stereocenters. The normalized spacial score (nSPS) is 12.5.